The molecule has 1 aliphatic carbocycles. The summed E-state index contributed by atoms with van der Waals surface area (Å²) >= 11 is 0. The molecular formula is C15H18O3. The van der Waals surface area contributed by atoms with Crippen molar-refractivity contribution in [3.05, 3.63) is 35.9 Å². The largest absolute Gasteiger partial charge is 0.491 e. The highest BCUT2D eigenvalue weighted by Gasteiger charge is 2.27. The molecule has 1 aliphatic rings. The molecule has 0 aromatic heterocycles. The second-order valence-corrected chi connectivity index (χ2v) is 4.90. The summed E-state index contributed by atoms with van der Waals surface area (Å²) in [6.07, 6.45) is 3.65. The molecule has 96 valence electrons. The van der Waals surface area contributed by atoms with Crippen molar-refractivity contribution >= 4 is 11.5 Å². The summed E-state index contributed by atoms with van der Waals surface area (Å²) in [6.45, 7) is 3.96. The van der Waals surface area contributed by atoms with Gasteiger partial charge in [-0.15, -0.1) is 0 Å². The summed E-state index contributed by atoms with van der Waals surface area (Å²) in [6, 6.07) is 7.66. The number of benzene rings is 1. The van der Waals surface area contributed by atoms with E-state index in [1.54, 1.807) is 0 Å². The first-order valence-electron chi connectivity index (χ1n) is 6.28. The molecule has 3 nitrogen and oxygen atoms in total. The molecule has 0 atom stereocenters. The van der Waals surface area contributed by atoms with E-state index in [-0.39, 0.29) is 6.10 Å². The Hall–Kier alpha value is -1.77. The molecule has 0 unspecified atom stereocenters. The lowest BCUT2D eigenvalue weighted by Crippen LogP contribution is -2.05. The smallest absolute Gasteiger partial charge is 0.328 e. The zero-order chi connectivity index (χ0) is 13.1. The van der Waals surface area contributed by atoms with Gasteiger partial charge >= 0.3 is 5.97 Å². The molecule has 0 radical (unpaired) electrons. The SMILES string of the molecule is CC(C)Oc1ccc(/C(=C/C(=O)O)C2CC2)cc1. The van der Waals surface area contributed by atoms with Crippen LogP contribution in [0.25, 0.3) is 5.57 Å². The lowest BCUT2D eigenvalue weighted by molar-refractivity contribution is -0.131. The summed E-state index contributed by atoms with van der Waals surface area (Å²) in [5.74, 6) is 0.358. The van der Waals surface area contributed by atoms with E-state index < -0.39 is 5.97 Å². The van der Waals surface area contributed by atoms with Crippen LogP contribution in [0.2, 0.25) is 0 Å². The number of hydrogen-bond acceptors (Lipinski definition) is 2. The van der Waals surface area contributed by atoms with Crippen molar-refractivity contribution in [1.29, 1.82) is 0 Å². The highest BCUT2D eigenvalue weighted by Crippen LogP contribution is 2.42. The van der Waals surface area contributed by atoms with E-state index >= 15 is 0 Å². The van der Waals surface area contributed by atoms with Crippen LogP contribution in [0.3, 0.4) is 0 Å². The van der Waals surface area contributed by atoms with Crippen molar-refractivity contribution in [3.63, 3.8) is 0 Å². The number of carboxylic acids is 1. The van der Waals surface area contributed by atoms with Crippen molar-refractivity contribution in [1.82, 2.24) is 0 Å². The number of hydrogen-bond donors (Lipinski definition) is 1. The van der Waals surface area contributed by atoms with E-state index in [0.29, 0.717) is 5.92 Å². The highest BCUT2D eigenvalue weighted by atomic mass is 16.5. The van der Waals surface area contributed by atoms with Gasteiger partial charge in [0.1, 0.15) is 5.75 Å². The molecule has 1 fully saturated rings. The molecule has 0 spiro atoms. The third-order valence-corrected chi connectivity index (χ3v) is 2.86. The van der Waals surface area contributed by atoms with Gasteiger partial charge in [0.15, 0.2) is 0 Å². The average Bonchev–Trinajstić information content (AvgIpc) is 3.10. The highest BCUT2D eigenvalue weighted by molar-refractivity contribution is 5.91. The Morgan fingerprint density at radius 2 is 1.94 bits per heavy atom. The quantitative estimate of drug-likeness (QED) is 0.810. The van der Waals surface area contributed by atoms with E-state index in [9.17, 15) is 4.79 Å². The Morgan fingerprint density at radius 1 is 1.33 bits per heavy atom. The van der Waals surface area contributed by atoms with Crippen molar-refractivity contribution < 1.29 is 14.6 Å². The summed E-state index contributed by atoms with van der Waals surface area (Å²) in [4.78, 5) is 10.8. The predicted molar refractivity (Wildman–Crippen MR) is 70.5 cm³/mol. The van der Waals surface area contributed by atoms with Crippen molar-refractivity contribution in [3.8, 4) is 5.75 Å². The lowest BCUT2D eigenvalue weighted by Gasteiger charge is -2.11. The second kappa shape index (κ2) is 5.25. The number of carboxylic acid groups (broad SMARTS) is 1. The average molecular weight is 246 g/mol. The number of aliphatic carboxylic acids is 1. The molecule has 1 saturated carbocycles. The number of rotatable bonds is 5. The molecular weight excluding hydrogens is 228 g/mol. The van der Waals surface area contributed by atoms with Gasteiger partial charge in [0, 0.05) is 6.08 Å². The molecule has 0 bridgehead atoms. The monoisotopic (exact) mass is 246 g/mol. The van der Waals surface area contributed by atoms with E-state index in [2.05, 4.69) is 0 Å². The van der Waals surface area contributed by atoms with Crippen LogP contribution in [-0.2, 0) is 4.79 Å². The standard InChI is InChI=1S/C15H18O3/c1-10(2)18-13-7-5-12(6-8-13)14(9-15(16)17)11-3-4-11/h5-11H,3-4H2,1-2H3,(H,16,17)/b14-9+. The normalized spacial score (nSPS) is 15.8. The Bertz CT molecular complexity index is 453. The van der Waals surface area contributed by atoms with Crippen LogP contribution in [0.4, 0.5) is 0 Å². The maximum atomic E-state index is 10.8. The van der Waals surface area contributed by atoms with Gasteiger partial charge in [-0.2, -0.15) is 0 Å². The fourth-order valence-corrected chi connectivity index (χ4v) is 1.96. The topological polar surface area (TPSA) is 46.5 Å². The first kappa shape index (κ1) is 12.7. The summed E-state index contributed by atoms with van der Waals surface area (Å²) in [5, 5.41) is 8.89. The fourth-order valence-electron chi connectivity index (χ4n) is 1.96. The van der Waals surface area contributed by atoms with Gasteiger partial charge in [-0.05, 0) is 55.9 Å². The van der Waals surface area contributed by atoms with Gasteiger partial charge in [-0.1, -0.05) is 12.1 Å². The van der Waals surface area contributed by atoms with E-state index in [4.69, 9.17) is 9.84 Å². The van der Waals surface area contributed by atoms with Gasteiger partial charge < -0.3 is 9.84 Å². The van der Waals surface area contributed by atoms with Crippen molar-refractivity contribution in [2.24, 2.45) is 5.92 Å². The molecule has 1 aromatic rings. The van der Waals surface area contributed by atoms with Gasteiger partial charge in [0.25, 0.3) is 0 Å². The van der Waals surface area contributed by atoms with Crippen LogP contribution in [0, 0.1) is 5.92 Å². The zero-order valence-electron chi connectivity index (χ0n) is 10.7. The molecule has 0 heterocycles. The minimum absolute atomic E-state index is 0.147. The molecule has 2 rings (SSSR count). The molecule has 1 N–H and O–H groups in total. The minimum atomic E-state index is -0.876. The Labute approximate surface area is 107 Å². The first-order valence-corrected chi connectivity index (χ1v) is 6.28. The fraction of sp³-hybridized carbons (Fsp3) is 0.400. The van der Waals surface area contributed by atoms with Crippen LogP contribution in [0.5, 0.6) is 5.75 Å². The Kier molecular flexibility index (Phi) is 3.70. The zero-order valence-corrected chi connectivity index (χ0v) is 10.7. The van der Waals surface area contributed by atoms with Crippen LogP contribution in [-0.4, -0.2) is 17.2 Å². The summed E-state index contributed by atoms with van der Waals surface area (Å²) < 4.78 is 5.57. The maximum Gasteiger partial charge on any atom is 0.328 e. The molecule has 3 heteroatoms. The van der Waals surface area contributed by atoms with E-state index in [1.807, 2.05) is 38.1 Å². The van der Waals surface area contributed by atoms with Crippen LogP contribution < -0.4 is 4.74 Å². The van der Waals surface area contributed by atoms with Gasteiger partial charge in [0.2, 0.25) is 0 Å². The predicted octanol–water partition coefficient (Wildman–Crippen LogP) is 3.35. The number of allylic oxidation sites excluding steroid dienone is 1. The van der Waals surface area contributed by atoms with Gasteiger partial charge in [0.05, 0.1) is 6.10 Å². The molecule has 18 heavy (non-hydrogen) atoms. The van der Waals surface area contributed by atoms with Crippen LogP contribution >= 0.6 is 0 Å². The number of ether oxygens (including phenoxy) is 1. The van der Waals surface area contributed by atoms with Crippen LogP contribution in [0.15, 0.2) is 30.3 Å². The lowest BCUT2D eigenvalue weighted by atomic mass is 10.0. The molecule has 1 aromatic carbocycles. The molecule has 0 amide bonds. The Morgan fingerprint density at radius 3 is 2.39 bits per heavy atom. The maximum absolute atomic E-state index is 10.8. The molecule has 0 saturated heterocycles. The van der Waals surface area contributed by atoms with Crippen molar-refractivity contribution in [2.75, 3.05) is 0 Å². The Balaban J connectivity index is 2.19. The van der Waals surface area contributed by atoms with Crippen molar-refractivity contribution in [2.45, 2.75) is 32.8 Å². The van der Waals surface area contributed by atoms with Gasteiger partial charge in [-0.3, -0.25) is 0 Å². The van der Waals surface area contributed by atoms with E-state index in [0.717, 1.165) is 29.7 Å². The van der Waals surface area contributed by atoms with E-state index in [1.165, 1.54) is 6.08 Å². The second-order valence-electron chi connectivity index (χ2n) is 4.90. The third-order valence-electron chi connectivity index (χ3n) is 2.86. The summed E-state index contributed by atoms with van der Waals surface area (Å²) in [7, 11) is 0. The molecule has 0 aliphatic heterocycles. The van der Waals surface area contributed by atoms with Gasteiger partial charge in [-0.25, -0.2) is 4.79 Å². The summed E-state index contributed by atoms with van der Waals surface area (Å²) in [5.41, 5.74) is 1.91. The van der Waals surface area contributed by atoms with Crippen LogP contribution in [0.1, 0.15) is 32.3 Å². The minimum Gasteiger partial charge on any atom is -0.491 e. The third kappa shape index (κ3) is 3.36. The first-order chi connectivity index (χ1) is 8.56. The number of carbonyl (C=O) groups is 1.